The summed E-state index contributed by atoms with van der Waals surface area (Å²) in [5.41, 5.74) is 2.73. The van der Waals surface area contributed by atoms with Gasteiger partial charge in [0.25, 0.3) is 0 Å². The van der Waals surface area contributed by atoms with Crippen molar-refractivity contribution in [2.75, 3.05) is 25.1 Å². The molecule has 1 N–H and O–H groups in total. The Morgan fingerprint density at radius 3 is 2.63 bits per heavy atom. The van der Waals surface area contributed by atoms with Gasteiger partial charge in [-0.25, -0.2) is 0 Å². The Hall–Kier alpha value is -2.53. The van der Waals surface area contributed by atoms with Crippen LogP contribution in [0.4, 0.5) is 5.69 Å². The first-order valence-corrected chi connectivity index (χ1v) is 9.22. The number of nitrogens with zero attached hydrogens (tertiary/aromatic N) is 1. The maximum absolute atomic E-state index is 12.1. The molecule has 0 aliphatic heterocycles. The molecule has 0 saturated heterocycles. The van der Waals surface area contributed by atoms with E-state index in [9.17, 15) is 9.59 Å². The Kier molecular flexibility index (Phi) is 7.67. The number of nitrogens with one attached hydrogen (secondary N) is 1. The van der Waals surface area contributed by atoms with Gasteiger partial charge in [-0.3, -0.25) is 9.59 Å². The summed E-state index contributed by atoms with van der Waals surface area (Å²) < 4.78 is 5.19. The molecule has 2 aromatic carbocycles. The number of methoxy groups -OCH3 is 1. The van der Waals surface area contributed by atoms with Crippen molar-refractivity contribution in [3.8, 4) is 5.75 Å². The topological polar surface area (TPSA) is 58.6 Å². The molecule has 0 aromatic heterocycles. The summed E-state index contributed by atoms with van der Waals surface area (Å²) >= 11 is 6.15. The van der Waals surface area contributed by atoms with Crippen molar-refractivity contribution in [2.24, 2.45) is 0 Å². The lowest BCUT2D eigenvalue weighted by atomic mass is 10.1. The third-order valence-corrected chi connectivity index (χ3v) is 4.69. The zero-order valence-corrected chi connectivity index (χ0v) is 16.7. The van der Waals surface area contributed by atoms with E-state index in [4.69, 9.17) is 16.3 Å². The molecule has 27 heavy (non-hydrogen) atoms. The minimum absolute atomic E-state index is 0.0950. The molecule has 0 heterocycles. The van der Waals surface area contributed by atoms with Crippen LogP contribution in [0.2, 0.25) is 5.02 Å². The van der Waals surface area contributed by atoms with E-state index in [2.05, 4.69) is 5.32 Å². The molecule has 2 rings (SSSR count). The summed E-state index contributed by atoms with van der Waals surface area (Å²) in [6.07, 6.45) is 0.941. The first kappa shape index (κ1) is 20.8. The maximum atomic E-state index is 12.1. The molecule has 0 radical (unpaired) electrons. The average Bonchev–Trinajstić information content (AvgIpc) is 2.64. The van der Waals surface area contributed by atoms with Gasteiger partial charge < -0.3 is 15.0 Å². The van der Waals surface area contributed by atoms with Gasteiger partial charge in [0.15, 0.2) is 0 Å². The number of halogens is 1. The zero-order valence-electron chi connectivity index (χ0n) is 15.9. The normalized spacial score (nSPS) is 10.4. The largest absolute Gasteiger partial charge is 0.497 e. The number of amides is 2. The summed E-state index contributed by atoms with van der Waals surface area (Å²) in [4.78, 5) is 25.7. The van der Waals surface area contributed by atoms with Crippen molar-refractivity contribution in [3.05, 3.63) is 58.6 Å². The number of hydrogen-bond donors (Lipinski definition) is 1. The highest BCUT2D eigenvalue weighted by Gasteiger charge is 2.14. The van der Waals surface area contributed by atoms with E-state index < -0.39 is 0 Å². The number of rotatable bonds is 8. The zero-order chi connectivity index (χ0) is 19.8. The summed E-state index contributed by atoms with van der Waals surface area (Å²) in [5.74, 6) is 0.578. The van der Waals surface area contributed by atoms with Gasteiger partial charge in [0.1, 0.15) is 5.75 Å². The maximum Gasteiger partial charge on any atom is 0.223 e. The second-order valence-electron chi connectivity index (χ2n) is 6.31. The molecule has 2 aromatic rings. The summed E-state index contributed by atoms with van der Waals surface area (Å²) in [6.45, 7) is 4.22. The van der Waals surface area contributed by atoms with Crippen LogP contribution in [0.5, 0.6) is 5.75 Å². The second-order valence-corrected chi connectivity index (χ2v) is 6.71. The van der Waals surface area contributed by atoms with E-state index in [1.165, 1.54) is 6.92 Å². The van der Waals surface area contributed by atoms with Crippen molar-refractivity contribution in [1.82, 2.24) is 5.32 Å². The number of hydrogen-bond acceptors (Lipinski definition) is 3. The quantitative estimate of drug-likeness (QED) is 0.749. The van der Waals surface area contributed by atoms with Crippen LogP contribution in [0, 0.1) is 6.92 Å². The van der Waals surface area contributed by atoms with Gasteiger partial charge in [-0.2, -0.15) is 0 Å². The highest BCUT2D eigenvalue weighted by Crippen LogP contribution is 2.23. The van der Waals surface area contributed by atoms with Crippen molar-refractivity contribution in [2.45, 2.75) is 26.7 Å². The molecule has 0 unspecified atom stereocenters. The second kappa shape index (κ2) is 9.97. The van der Waals surface area contributed by atoms with Gasteiger partial charge in [0.05, 0.1) is 7.11 Å². The first-order chi connectivity index (χ1) is 12.9. The van der Waals surface area contributed by atoms with Crippen LogP contribution < -0.4 is 15.0 Å². The van der Waals surface area contributed by atoms with Crippen molar-refractivity contribution in [1.29, 1.82) is 0 Å². The minimum Gasteiger partial charge on any atom is -0.497 e. The number of anilines is 1. The standard InChI is InChI=1S/C21H25ClN2O3/c1-15-7-8-18(14-20(15)22)24(16(2)25)12-10-21(26)23-11-9-17-5-4-6-19(13-17)27-3/h4-8,13-14H,9-12H2,1-3H3,(H,23,26). The monoisotopic (exact) mass is 388 g/mol. The van der Waals surface area contributed by atoms with Crippen LogP contribution in [-0.4, -0.2) is 32.0 Å². The van der Waals surface area contributed by atoms with Gasteiger partial charge in [-0.1, -0.05) is 29.8 Å². The Labute approximate surface area is 165 Å². The lowest BCUT2D eigenvalue weighted by Gasteiger charge is -2.21. The molecule has 144 valence electrons. The Balaban J connectivity index is 1.84. The summed E-state index contributed by atoms with van der Waals surface area (Å²) in [6, 6.07) is 13.2. The van der Waals surface area contributed by atoms with Crippen LogP contribution in [0.3, 0.4) is 0 Å². The third-order valence-electron chi connectivity index (χ3n) is 4.28. The third kappa shape index (κ3) is 6.29. The Bertz CT molecular complexity index is 808. The molecule has 6 heteroatoms. The van der Waals surface area contributed by atoms with E-state index in [-0.39, 0.29) is 18.2 Å². The molecule has 2 amide bonds. The number of carbonyl (C=O) groups is 2. The lowest BCUT2D eigenvalue weighted by Crippen LogP contribution is -2.34. The molecule has 0 bridgehead atoms. The van der Waals surface area contributed by atoms with Crippen molar-refractivity contribution < 1.29 is 14.3 Å². The predicted octanol–water partition coefficient (Wildman–Crippen LogP) is 3.76. The fourth-order valence-corrected chi connectivity index (χ4v) is 2.87. The van der Waals surface area contributed by atoms with Crippen molar-refractivity contribution in [3.63, 3.8) is 0 Å². The van der Waals surface area contributed by atoms with Gasteiger partial charge >= 0.3 is 0 Å². The summed E-state index contributed by atoms with van der Waals surface area (Å²) in [7, 11) is 1.63. The van der Waals surface area contributed by atoms with E-state index >= 15 is 0 Å². The number of aryl methyl sites for hydroxylation is 1. The molecular formula is C21H25ClN2O3. The summed E-state index contributed by atoms with van der Waals surface area (Å²) in [5, 5.41) is 3.49. The molecule has 5 nitrogen and oxygen atoms in total. The highest BCUT2D eigenvalue weighted by atomic mass is 35.5. The van der Waals surface area contributed by atoms with E-state index in [0.717, 1.165) is 16.9 Å². The smallest absolute Gasteiger partial charge is 0.223 e. The molecule has 0 spiro atoms. The molecule has 0 fully saturated rings. The Morgan fingerprint density at radius 1 is 1.19 bits per heavy atom. The van der Waals surface area contributed by atoms with Crippen LogP contribution in [-0.2, 0) is 16.0 Å². The molecular weight excluding hydrogens is 364 g/mol. The van der Waals surface area contributed by atoms with Gasteiger partial charge in [0.2, 0.25) is 11.8 Å². The number of carbonyl (C=O) groups excluding carboxylic acids is 2. The number of ether oxygens (including phenoxy) is 1. The Morgan fingerprint density at radius 2 is 1.96 bits per heavy atom. The minimum atomic E-state index is -0.126. The van der Waals surface area contributed by atoms with Crippen LogP contribution in [0.15, 0.2) is 42.5 Å². The van der Waals surface area contributed by atoms with Crippen LogP contribution >= 0.6 is 11.6 Å². The fraction of sp³-hybridized carbons (Fsp3) is 0.333. The lowest BCUT2D eigenvalue weighted by molar-refractivity contribution is -0.121. The average molecular weight is 389 g/mol. The van der Waals surface area contributed by atoms with E-state index in [1.54, 1.807) is 18.1 Å². The fourth-order valence-electron chi connectivity index (χ4n) is 2.69. The van der Waals surface area contributed by atoms with Gasteiger partial charge in [-0.15, -0.1) is 0 Å². The predicted molar refractivity (Wildman–Crippen MR) is 109 cm³/mol. The molecule has 0 aliphatic carbocycles. The first-order valence-electron chi connectivity index (χ1n) is 8.84. The van der Waals surface area contributed by atoms with Gasteiger partial charge in [0, 0.05) is 37.1 Å². The highest BCUT2D eigenvalue weighted by molar-refractivity contribution is 6.31. The van der Waals surface area contributed by atoms with E-state index in [0.29, 0.717) is 30.2 Å². The SMILES string of the molecule is COc1cccc(CCNC(=O)CCN(C(C)=O)c2ccc(C)c(Cl)c2)c1. The van der Waals surface area contributed by atoms with Crippen LogP contribution in [0.1, 0.15) is 24.5 Å². The van der Waals surface area contributed by atoms with Crippen LogP contribution in [0.25, 0.3) is 0 Å². The van der Waals surface area contributed by atoms with E-state index in [1.807, 2.05) is 43.3 Å². The molecule has 0 aliphatic rings. The van der Waals surface area contributed by atoms with Crippen molar-refractivity contribution >= 4 is 29.1 Å². The molecule has 0 atom stereocenters. The van der Waals surface area contributed by atoms with Gasteiger partial charge in [-0.05, 0) is 48.7 Å². The number of benzene rings is 2. The molecule has 0 saturated carbocycles.